The molecule has 0 aliphatic heterocycles. The number of H-pyrrole nitrogens is 1. The number of aryl methyl sites for hydroxylation is 1. The fourth-order valence-corrected chi connectivity index (χ4v) is 2.39. The van der Waals surface area contributed by atoms with Gasteiger partial charge in [-0.25, -0.2) is 9.49 Å². The number of nitro benzene ring substituents is 1. The molecule has 0 bridgehead atoms. The summed E-state index contributed by atoms with van der Waals surface area (Å²) in [6.45, 7) is 1.66. The number of rotatable bonds is 4. The standard InChI is InChI=1S/C16H12FN5O2S/c1-10-2-3-11(8-14(10)22(23)24)9-18-21-15(19-20-16(21)25)12-4-6-13(17)7-5-12/h2-9H,1H3,(H,20,25)/b18-9-. The van der Waals surface area contributed by atoms with E-state index in [1.54, 1.807) is 31.2 Å². The van der Waals surface area contributed by atoms with Gasteiger partial charge in [0.1, 0.15) is 5.82 Å². The van der Waals surface area contributed by atoms with Gasteiger partial charge in [-0.3, -0.25) is 10.1 Å². The molecule has 7 nitrogen and oxygen atoms in total. The van der Waals surface area contributed by atoms with Gasteiger partial charge in [0.05, 0.1) is 11.1 Å². The summed E-state index contributed by atoms with van der Waals surface area (Å²) in [5.41, 5.74) is 1.75. The number of nitro groups is 1. The predicted octanol–water partition coefficient (Wildman–Crippen LogP) is 3.85. The fourth-order valence-electron chi connectivity index (χ4n) is 2.21. The van der Waals surface area contributed by atoms with Crippen molar-refractivity contribution < 1.29 is 9.31 Å². The van der Waals surface area contributed by atoms with Crippen LogP contribution in [0.25, 0.3) is 11.4 Å². The normalized spacial score (nSPS) is 11.1. The summed E-state index contributed by atoms with van der Waals surface area (Å²) < 4.78 is 14.7. The van der Waals surface area contributed by atoms with E-state index in [0.717, 1.165) is 0 Å². The summed E-state index contributed by atoms with van der Waals surface area (Å²) in [4.78, 5) is 10.6. The van der Waals surface area contributed by atoms with Gasteiger partial charge in [0.25, 0.3) is 5.69 Å². The Labute approximate surface area is 146 Å². The largest absolute Gasteiger partial charge is 0.272 e. The van der Waals surface area contributed by atoms with Gasteiger partial charge in [0, 0.05) is 22.8 Å². The lowest BCUT2D eigenvalue weighted by Crippen LogP contribution is -1.97. The first-order chi connectivity index (χ1) is 12.0. The number of nitrogens with one attached hydrogen (secondary N) is 1. The first kappa shape index (κ1) is 16.7. The van der Waals surface area contributed by atoms with E-state index in [1.807, 2.05) is 0 Å². The Kier molecular flexibility index (Phi) is 4.48. The molecule has 0 unspecified atom stereocenters. The highest BCUT2D eigenvalue weighted by atomic mass is 32.1. The van der Waals surface area contributed by atoms with Crippen LogP contribution in [0, 0.1) is 27.6 Å². The lowest BCUT2D eigenvalue weighted by molar-refractivity contribution is -0.385. The van der Waals surface area contributed by atoms with Crippen molar-refractivity contribution in [1.82, 2.24) is 14.9 Å². The second-order valence-electron chi connectivity index (χ2n) is 5.22. The highest BCUT2D eigenvalue weighted by Crippen LogP contribution is 2.20. The highest BCUT2D eigenvalue weighted by molar-refractivity contribution is 7.71. The molecule has 9 heteroatoms. The quantitative estimate of drug-likeness (QED) is 0.332. The van der Waals surface area contributed by atoms with Crippen LogP contribution in [0.5, 0.6) is 0 Å². The summed E-state index contributed by atoms with van der Waals surface area (Å²) in [6, 6.07) is 10.5. The van der Waals surface area contributed by atoms with Gasteiger partial charge in [-0.05, 0) is 43.4 Å². The van der Waals surface area contributed by atoms with E-state index < -0.39 is 4.92 Å². The fraction of sp³-hybridized carbons (Fsp3) is 0.0625. The molecule has 0 aliphatic carbocycles. The van der Waals surface area contributed by atoms with E-state index in [1.165, 1.54) is 29.1 Å². The molecule has 3 rings (SSSR count). The molecule has 0 radical (unpaired) electrons. The first-order valence-electron chi connectivity index (χ1n) is 7.18. The predicted molar refractivity (Wildman–Crippen MR) is 93.6 cm³/mol. The van der Waals surface area contributed by atoms with Crippen molar-refractivity contribution in [2.24, 2.45) is 5.10 Å². The maximum absolute atomic E-state index is 13.1. The minimum absolute atomic E-state index is 0.0125. The monoisotopic (exact) mass is 357 g/mol. The summed E-state index contributed by atoms with van der Waals surface area (Å²) in [5.74, 6) is 0.0442. The van der Waals surface area contributed by atoms with Gasteiger partial charge in [-0.15, -0.1) is 0 Å². The maximum Gasteiger partial charge on any atom is 0.272 e. The van der Waals surface area contributed by atoms with Crippen LogP contribution in [0.2, 0.25) is 0 Å². The number of benzene rings is 2. The van der Waals surface area contributed by atoms with Gasteiger partial charge in [-0.2, -0.15) is 14.9 Å². The third-order valence-electron chi connectivity index (χ3n) is 3.51. The van der Waals surface area contributed by atoms with E-state index in [0.29, 0.717) is 22.5 Å². The van der Waals surface area contributed by atoms with Crippen molar-refractivity contribution in [3.8, 4) is 11.4 Å². The minimum Gasteiger partial charge on any atom is -0.258 e. The van der Waals surface area contributed by atoms with Crippen molar-refractivity contribution >= 4 is 24.1 Å². The molecule has 0 saturated carbocycles. The Morgan fingerprint density at radius 1 is 1.32 bits per heavy atom. The zero-order valence-electron chi connectivity index (χ0n) is 13.0. The lowest BCUT2D eigenvalue weighted by atomic mass is 10.1. The zero-order valence-corrected chi connectivity index (χ0v) is 13.8. The van der Waals surface area contributed by atoms with Gasteiger partial charge < -0.3 is 0 Å². The first-order valence-corrected chi connectivity index (χ1v) is 7.59. The van der Waals surface area contributed by atoms with Gasteiger partial charge in [0.2, 0.25) is 4.77 Å². The summed E-state index contributed by atoms with van der Waals surface area (Å²) >= 11 is 5.15. The summed E-state index contributed by atoms with van der Waals surface area (Å²) in [6.07, 6.45) is 1.45. The molecule has 0 amide bonds. The third kappa shape index (κ3) is 3.50. The summed E-state index contributed by atoms with van der Waals surface area (Å²) in [5, 5.41) is 22.0. The van der Waals surface area contributed by atoms with Crippen LogP contribution >= 0.6 is 12.2 Å². The number of hydrogen-bond donors (Lipinski definition) is 1. The number of nitrogens with zero attached hydrogens (tertiary/aromatic N) is 4. The Morgan fingerprint density at radius 2 is 2.04 bits per heavy atom. The van der Waals surface area contributed by atoms with Crippen molar-refractivity contribution in [2.75, 3.05) is 0 Å². The van der Waals surface area contributed by atoms with Crippen LogP contribution in [0.3, 0.4) is 0 Å². The van der Waals surface area contributed by atoms with E-state index in [4.69, 9.17) is 12.2 Å². The number of halogens is 1. The molecule has 0 atom stereocenters. The Bertz CT molecular complexity index is 1020. The molecule has 25 heavy (non-hydrogen) atoms. The molecule has 1 aromatic heterocycles. The molecule has 0 fully saturated rings. The van der Waals surface area contributed by atoms with E-state index in [9.17, 15) is 14.5 Å². The molecular formula is C16H12FN5O2S. The van der Waals surface area contributed by atoms with E-state index >= 15 is 0 Å². The van der Waals surface area contributed by atoms with Crippen LogP contribution in [0.1, 0.15) is 11.1 Å². The molecule has 0 saturated heterocycles. The SMILES string of the molecule is Cc1ccc(/C=N\n2c(-c3ccc(F)cc3)n[nH]c2=S)cc1[N+](=O)[O-]. The molecular weight excluding hydrogens is 345 g/mol. The van der Waals surface area contributed by atoms with Crippen molar-refractivity contribution in [3.63, 3.8) is 0 Å². The molecule has 126 valence electrons. The Morgan fingerprint density at radius 3 is 2.72 bits per heavy atom. The van der Waals surface area contributed by atoms with Crippen LogP contribution in [-0.4, -0.2) is 26.0 Å². The average Bonchev–Trinajstić information content (AvgIpc) is 2.95. The molecule has 0 spiro atoms. The van der Waals surface area contributed by atoms with Gasteiger partial charge in [-0.1, -0.05) is 12.1 Å². The molecule has 3 aromatic rings. The number of hydrogen-bond acceptors (Lipinski definition) is 5. The second kappa shape index (κ2) is 6.73. The lowest BCUT2D eigenvalue weighted by Gasteiger charge is -2.01. The number of aromatic amines is 1. The minimum atomic E-state index is -0.444. The van der Waals surface area contributed by atoms with Crippen molar-refractivity contribution in [3.05, 3.63) is 74.3 Å². The van der Waals surface area contributed by atoms with Crippen LogP contribution in [-0.2, 0) is 0 Å². The number of aromatic nitrogens is 3. The van der Waals surface area contributed by atoms with Crippen molar-refractivity contribution in [2.45, 2.75) is 6.92 Å². The maximum atomic E-state index is 13.1. The van der Waals surface area contributed by atoms with E-state index in [2.05, 4.69) is 15.3 Å². The van der Waals surface area contributed by atoms with E-state index in [-0.39, 0.29) is 16.3 Å². The van der Waals surface area contributed by atoms with Gasteiger partial charge in [0.15, 0.2) is 5.82 Å². The van der Waals surface area contributed by atoms with Crippen LogP contribution in [0.4, 0.5) is 10.1 Å². The van der Waals surface area contributed by atoms with Crippen LogP contribution in [0.15, 0.2) is 47.6 Å². The molecule has 1 N–H and O–H groups in total. The second-order valence-corrected chi connectivity index (χ2v) is 5.61. The van der Waals surface area contributed by atoms with Gasteiger partial charge >= 0.3 is 0 Å². The highest BCUT2D eigenvalue weighted by Gasteiger charge is 2.11. The third-order valence-corrected chi connectivity index (χ3v) is 3.77. The summed E-state index contributed by atoms with van der Waals surface area (Å²) in [7, 11) is 0. The van der Waals surface area contributed by atoms with Crippen molar-refractivity contribution in [1.29, 1.82) is 0 Å². The Balaban J connectivity index is 1.99. The smallest absolute Gasteiger partial charge is 0.258 e. The molecule has 0 aliphatic rings. The zero-order chi connectivity index (χ0) is 18.0. The topological polar surface area (TPSA) is 89.1 Å². The molecule has 2 aromatic carbocycles. The van der Waals surface area contributed by atoms with Crippen LogP contribution < -0.4 is 0 Å². The average molecular weight is 357 g/mol. The Hall–Kier alpha value is -3.20. The molecule has 1 heterocycles.